The number of likely N-dealkylation sites (N-methyl/N-ethyl adjacent to an activating group) is 1. The molecule has 2 N–H and O–H groups in total. The molecule has 0 aromatic carbocycles. The van der Waals surface area contributed by atoms with E-state index >= 15 is 0 Å². The van der Waals surface area contributed by atoms with Crippen molar-refractivity contribution in [1.29, 1.82) is 0 Å². The number of carboxylic acids is 2. The number of carbonyl (C=O) groups excluding carboxylic acids is 1. The largest absolute Gasteiger partial charge is 0.480 e. The second-order valence-electron chi connectivity index (χ2n) is 4.23. The quantitative estimate of drug-likeness (QED) is 0.737. The number of anilines is 1. The molecule has 1 rings (SSSR count). The molecule has 0 atom stereocenters. The lowest BCUT2D eigenvalue weighted by Gasteiger charge is -2.23. The Hall–Kier alpha value is -2.35. The highest BCUT2D eigenvalue weighted by atomic mass is 35.5. The molecule has 21 heavy (non-hydrogen) atoms. The van der Waals surface area contributed by atoms with Crippen LogP contribution in [0.2, 0.25) is 5.02 Å². The Morgan fingerprint density at radius 2 is 1.71 bits per heavy atom. The fraction of sp³-hybridized carbons (Fsp3) is 0.333. The standard InChI is InChI=1S/C12H14ClN3O5/c1-15(9-3-2-8(13)4-14-9)5-10(17)16(6-11(18)19)7-12(20)21/h2-4H,5-7H2,1H3,(H,18,19)(H,20,21). The van der Waals surface area contributed by atoms with Crippen LogP contribution in [-0.4, -0.2) is 64.6 Å². The third kappa shape index (κ3) is 5.65. The molecule has 0 aliphatic carbocycles. The van der Waals surface area contributed by atoms with Gasteiger partial charge < -0.3 is 20.0 Å². The Morgan fingerprint density at radius 3 is 2.14 bits per heavy atom. The van der Waals surface area contributed by atoms with Gasteiger partial charge >= 0.3 is 11.9 Å². The molecule has 0 spiro atoms. The van der Waals surface area contributed by atoms with Crippen LogP contribution >= 0.6 is 11.6 Å². The monoisotopic (exact) mass is 315 g/mol. The number of nitrogens with zero attached hydrogens (tertiary/aromatic N) is 3. The van der Waals surface area contributed by atoms with E-state index in [1.54, 1.807) is 19.2 Å². The lowest BCUT2D eigenvalue weighted by atomic mass is 10.3. The normalized spacial score (nSPS) is 10.0. The van der Waals surface area contributed by atoms with Crippen molar-refractivity contribution in [2.45, 2.75) is 0 Å². The number of amides is 1. The molecule has 9 heteroatoms. The molecule has 0 aliphatic heterocycles. The molecule has 0 unspecified atom stereocenters. The Kier molecular flexibility index (Phi) is 5.92. The van der Waals surface area contributed by atoms with Crippen molar-refractivity contribution in [3.05, 3.63) is 23.4 Å². The molecule has 1 aromatic heterocycles. The predicted octanol–water partition coefficient (Wildman–Crippen LogP) is 0.169. The van der Waals surface area contributed by atoms with E-state index in [0.717, 1.165) is 4.90 Å². The second-order valence-corrected chi connectivity index (χ2v) is 4.66. The van der Waals surface area contributed by atoms with Crippen molar-refractivity contribution in [2.75, 3.05) is 31.6 Å². The topological polar surface area (TPSA) is 111 Å². The van der Waals surface area contributed by atoms with Gasteiger partial charge in [-0.25, -0.2) is 4.98 Å². The Bertz CT molecular complexity index is 518. The molecule has 1 aromatic rings. The highest BCUT2D eigenvalue weighted by Crippen LogP contribution is 2.12. The van der Waals surface area contributed by atoms with E-state index in [9.17, 15) is 14.4 Å². The van der Waals surface area contributed by atoms with Crippen LogP contribution in [0.4, 0.5) is 5.82 Å². The molecule has 0 aliphatic rings. The third-order valence-corrected chi connectivity index (χ3v) is 2.70. The van der Waals surface area contributed by atoms with Gasteiger partial charge in [0.15, 0.2) is 0 Å². The van der Waals surface area contributed by atoms with E-state index in [2.05, 4.69) is 4.98 Å². The first-order valence-electron chi connectivity index (χ1n) is 5.83. The van der Waals surface area contributed by atoms with Crippen molar-refractivity contribution in [3.8, 4) is 0 Å². The molecule has 1 amide bonds. The van der Waals surface area contributed by atoms with Crippen molar-refractivity contribution >= 4 is 35.3 Å². The van der Waals surface area contributed by atoms with Crippen LogP contribution in [0.25, 0.3) is 0 Å². The Balaban J connectivity index is 2.73. The summed E-state index contributed by atoms with van der Waals surface area (Å²) in [7, 11) is 1.58. The third-order valence-electron chi connectivity index (χ3n) is 2.48. The molecule has 0 saturated carbocycles. The zero-order valence-electron chi connectivity index (χ0n) is 11.2. The summed E-state index contributed by atoms with van der Waals surface area (Å²) < 4.78 is 0. The Morgan fingerprint density at radius 1 is 1.14 bits per heavy atom. The SMILES string of the molecule is CN(CC(=O)N(CC(=O)O)CC(=O)O)c1ccc(Cl)cn1. The Labute approximate surface area is 125 Å². The van der Waals surface area contributed by atoms with E-state index in [1.165, 1.54) is 11.1 Å². The molecule has 0 radical (unpaired) electrons. The minimum absolute atomic E-state index is 0.199. The minimum atomic E-state index is -1.28. The van der Waals surface area contributed by atoms with Crippen LogP contribution in [0.3, 0.4) is 0 Å². The van der Waals surface area contributed by atoms with Crippen LogP contribution in [0.5, 0.6) is 0 Å². The number of rotatable bonds is 7. The molecule has 0 fully saturated rings. The predicted molar refractivity (Wildman–Crippen MR) is 74.4 cm³/mol. The maximum absolute atomic E-state index is 12.0. The van der Waals surface area contributed by atoms with Crippen molar-refractivity contribution < 1.29 is 24.6 Å². The van der Waals surface area contributed by atoms with Gasteiger partial charge in [0.2, 0.25) is 5.91 Å². The molecule has 1 heterocycles. The molecule has 0 bridgehead atoms. The van der Waals surface area contributed by atoms with Gasteiger partial charge in [0.25, 0.3) is 0 Å². The van der Waals surface area contributed by atoms with Gasteiger partial charge in [-0.15, -0.1) is 0 Å². The van der Waals surface area contributed by atoms with Crippen molar-refractivity contribution in [3.63, 3.8) is 0 Å². The number of hydrogen-bond donors (Lipinski definition) is 2. The van der Waals surface area contributed by atoms with Crippen molar-refractivity contribution in [1.82, 2.24) is 9.88 Å². The molecule has 0 saturated heterocycles. The number of carbonyl (C=O) groups is 3. The lowest BCUT2D eigenvalue weighted by Crippen LogP contribution is -2.44. The molecule has 8 nitrogen and oxygen atoms in total. The van der Waals surface area contributed by atoms with E-state index in [0.29, 0.717) is 10.8 Å². The van der Waals surface area contributed by atoms with Gasteiger partial charge in [0.1, 0.15) is 18.9 Å². The van der Waals surface area contributed by atoms with Gasteiger partial charge in [-0.1, -0.05) is 11.6 Å². The highest BCUT2D eigenvalue weighted by molar-refractivity contribution is 6.30. The van der Waals surface area contributed by atoms with Gasteiger partial charge in [0, 0.05) is 13.2 Å². The van der Waals surface area contributed by atoms with E-state index in [1.807, 2.05) is 0 Å². The van der Waals surface area contributed by atoms with E-state index in [4.69, 9.17) is 21.8 Å². The summed E-state index contributed by atoms with van der Waals surface area (Å²) in [5.41, 5.74) is 0. The first-order chi connectivity index (χ1) is 9.79. The number of halogens is 1. The lowest BCUT2D eigenvalue weighted by molar-refractivity contribution is -0.148. The maximum Gasteiger partial charge on any atom is 0.323 e. The summed E-state index contributed by atoms with van der Waals surface area (Å²) in [4.78, 5) is 39.5. The average molecular weight is 316 g/mol. The number of pyridine rings is 1. The fourth-order valence-electron chi connectivity index (χ4n) is 1.54. The summed E-state index contributed by atoms with van der Waals surface area (Å²) in [5, 5.41) is 17.8. The first kappa shape index (κ1) is 16.7. The highest BCUT2D eigenvalue weighted by Gasteiger charge is 2.21. The summed E-state index contributed by atoms with van der Waals surface area (Å²) in [6, 6.07) is 3.19. The number of aliphatic carboxylic acids is 2. The van der Waals surface area contributed by atoms with Crippen LogP contribution in [-0.2, 0) is 14.4 Å². The summed E-state index contributed by atoms with van der Waals surface area (Å²) in [6.07, 6.45) is 1.41. The molecule has 114 valence electrons. The number of aromatic nitrogens is 1. The summed E-state index contributed by atoms with van der Waals surface area (Å²) >= 11 is 5.70. The van der Waals surface area contributed by atoms with Crippen LogP contribution < -0.4 is 4.90 Å². The smallest absolute Gasteiger partial charge is 0.323 e. The van der Waals surface area contributed by atoms with Gasteiger partial charge in [0.05, 0.1) is 11.6 Å². The van der Waals surface area contributed by atoms with Crippen LogP contribution in [0.1, 0.15) is 0 Å². The zero-order valence-corrected chi connectivity index (χ0v) is 11.9. The van der Waals surface area contributed by atoms with Gasteiger partial charge in [-0.3, -0.25) is 14.4 Å². The van der Waals surface area contributed by atoms with Crippen LogP contribution in [0, 0.1) is 0 Å². The van der Waals surface area contributed by atoms with E-state index < -0.39 is 30.9 Å². The second kappa shape index (κ2) is 7.44. The average Bonchev–Trinajstić information content (AvgIpc) is 2.37. The number of hydrogen-bond acceptors (Lipinski definition) is 5. The number of carboxylic acid groups (broad SMARTS) is 2. The first-order valence-corrected chi connectivity index (χ1v) is 6.21. The minimum Gasteiger partial charge on any atom is -0.480 e. The summed E-state index contributed by atoms with van der Waals surface area (Å²) in [6.45, 7) is -1.55. The summed E-state index contributed by atoms with van der Waals surface area (Å²) in [5.74, 6) is -2.73. The van der Waals surface area contributed by atoms with E-state index in [-0.39, 0.29) is 6.54 Å². The van der Waals surface area contributed by atoms with Gasteiger partial charge in [-0.2, -0.15) is 0 Å². The fourth-order valence-corrected chi connectivity index (χ4v) is 1.65. The zero-order chi connectivity index (χ0) is 16.0. The van der Waals surface area contributed by atoms with Crippen molar-refractivity contribution in [2.24, 2.45) is 0 Å². The van der Waals surface area contributed by atoms with Gasteiger partial charge in [-0.05, 0) is 12.1 Å². The molecular formula is C12H14ClN3O5. The van der Waals surface area contributed by atoms with Crippen LogP contribution in [0.15, 0.2) is 18.3 Å². The maximum atomic E-state index is 12.0. The molecular weight excluding hydrogens is 302 g/mol.